The molecule has 5 atom stereocenters. The highest BCUT2D eigenvalue weighted by Gasteiger charge is 2.43. The van der Waals surface area contributed by atoms with Crippen LogP contribution in [-0.2, 0) is 9.47 Å². The van der Waals surface area contributed by atoms with E-state index in [2.05, 4.69) is 19.6 Å². The molecule has 1 saturated heterocycles. The second-order valence-electron chi connectivity index (χ2n) is 7.77. The molecule has 2 rings (SSSR count). The number of ether oxygens (including phenoxy) is 3. The summed E-state index contributed by atoms with van der Waals surface area (Å²) in [5.41, 5.74) is -0.794. The monoisotopic (exact) mass is 418 g/mol. The van der Waals surface area contributed by atoms with Crippen molar-refractivity contribution in [3.8, 4) is 5.75 Å². The van der Waals surface area contributed by atoms with Gasteiger partial charge in [-0.25, -0.2) is 0 Å². The summed E-state index contributed by atoms with van der Waals surface area (Å²) in [5.74, 6) is 0.668. The molecule has 0 aromatic heterocycles. The van der Waals surface area contributed by atoms with Crippen molar-refractivity contribution >= 4 is 19.8 Å². The average molecular weight is 419 g/mol. The van der Waals surface area contributed by atoms with Crippen molar-refractivity contribution in [2.45, 2.75) is 60.4 Å². The Morgan fingerprint density at radius 2 is 1.70 bits per heavy atom. The third kappa shape index (κ3) is 7.03. The molecule has 1 aliphatic heterocycles. The van der Waals surface area contributed by atoms with Crippen LogP contribution in [0.2, 0.25) is 25.7 Å². The van der Waals surface area contributed by atoms with E-state index < -0.39 is 44.5 Å². The van der Waals surface area contributed by atoms with Crippen molar-refractivity contribution in [2.24, 2.45) is 0 Å². The Balaban J connectivity index is 1.81. The van der Waals surface area contributed by atoms with Gasteiger partial charge >= 0.3 is 0 Å². The maximum absolute atomic E-state index is 10.1. The van der Waals surface area contributed by atoms with Gasteiger partial charge in [0.25, 0.3) is 0 Å². The van der Waals surface area contributed by atoms with E-state index in [1.807, 2.05) is 12.1 Å². The van der Waals surface area contributed by atoms with Crippen molar-refractivity contribution in [1.82, 2.24) is 0 Å². The molecule has 27 heavy (non-hydrogen) atoms. The Bertz CT molecular complexity index is 564. The van der Waals surface area contributed by atoms with Gasteiger partial charge in [0.05, 0.1) is 6.61 Å². The number of aliphatic hydroxyl groups is 4. The maximum Gasteiger partial charge on any atom is 0.189 e. The van der Waals surface area contributed by atoms with E-state index in [-0.39, 0.29) is 6.79 Å². The molecule has 0 aliphatic carbocycles. The SMILES string of the molecule is C[Si](C)(C)CCOCOc1ccc(S[C@@H]2O[C@H](CO)[C@H](O)[C@H](O)[C@H]2O)cc1. The summed E-state index contributed by atoms with van der Waals surface area (Å²) in [4.78, 5) is 0.798. The largest absolute Gasteiger partial charge is 0.468 e. The Kier molecular flexibility index (Phi) is 8.57. The van der Waals surface area contributed by atoms with Crippen molar-refractivity contribution in [3.63, 3.8) is 0 Å². The predicted molar refractivity (Wildman–Crippen MR) is 106 cm³/mol. The van der Waals surface area contributed by atoms with Gasteiger partial charge in [-0.05, 0) is 30.3 Å². The summed E-state index contributed by atoms with van der Waals surface area (Å²) in [6.45, 7) is 7.34. The highest BCUT2D eigenvalue weighted by Crippen LogP contribution is 2.34. The van der Waals surface area contributed by atoms with Crippen molar-refractivity contribution < 1.29 is 34.6 Å². The van der Waals surface area contributed by atoms with E-state index in [9.17, 15) is 20.4 Å². The molecular formula is C18H30O7SSi. The highest BCUT2D eigenvalue weighted by atomic mass is 32.2. The van der Waals surface area contributed by atoms with E-state index in [0.717, 1.165) is 10.9 Å². The van der Waals surface area contributed by atoms with Crippen LogP contribution in [0.25, 0.3) is 0 Å². The fourth-order valence-electron chi connectivity index (χ4n) is 2.46. The maximum atomic E-state index is 10.1. The lowest BCUT2D eigenvalue weighted by Gasteiger charge is -2.39. The Morgan fingerprint density at radius 1 is 1.04 bits per heavy atom. The molecule has 0 amide bonds. The Morgan fingerprint density at radius 3 is 2.30 bits per heavy atom. The minimum absolute atomic E-state index is 0.198. The van der Waals surface area contributed by atoms with Crippen LogP contribution in [0.15, 0.2) is 29.2 Å². The fourth-order valence-corrected chi connectivity index (χ4v) is 4.28. The second-order valence-corrected chi connectivity index (χ2v) is 14.6. The first-order valence-corrected chi connectivity index (χ1v) is 13.6. The molecule has 0 saturated carbocycles. The number of hydrogen-bond donors (Lipinski definition) is 4. The molecule has 1 heterocycles. The number of rotatable bonds is 9. The van der Waals surface area contributed by atoms with Crippen LogP contribution in [0, 0.1) is 0 Å². The van der Waals surface area contributed by atoms with Crippen LogP contribution in [0.4, 0.5) is 0 Å². The Hall–Kier alpha value is -0.653. The molecule has 0 unspecified atom stereocenters. The molecule has 4 N–H and O–H groups in total. The second kappa shape index (κ2) is 10.2. The van der Waals surface area contributed by atoms with Gasteiger partial charge in [-0.15, -0.1) is 0 Å². The first-order valence-electron chi connectivity index (χ1n) is 8.99. The molecule has 0 bridgehead atoms. The van der Waals surface area contributed by atoms with Gasteiger partial charge in [-0.2, -0.15) is 0 Å². The van der Waals surface area contributed by atoms with Crippen LogP contribution in [0.1, 0.15) is 0 Å². The van der Waals surface area contributed by atoms with Crippen molar-refractivity contribution in [3.05, 3.63) is 24.3 Å². The van der Waals surface area contributed by atoms with Gasteiger partial charge in [0.15, 0.2) is 6.79 Å². The number of hydrogen-bond acceptors (Lipinski definition) is 8. The molecule has 154 valence electrons. The third-order valence-corrected chi connectivity index (χ3v) is 7.10. The van der Waals surface area contributed by atoms with Gasteiger partial charge in [0.2, 0.25) is 0 Å². The van der Waals surface area contributed by atoms with Gasteiger partial charge in [-0.1, -0.05) is 31.4 Å². The van der Waals surface area contributed by atoms with Gasteiger partial charge in [-0.3, -0.25) is 0 Å². The standard InChI is InChI=1S/C18H30O7SSi/c1-27(2,3)9-8-23-11-24-12-4-6-13(7-5-12)26-18-17(22)16(21)15(20)14(10-19)25-18/h4-7,14-22H,8-11H2,1-3H3/t14-,15+,16+,17-,18+/m1/s1. The zero-order chi connectivity index (χ0) is 20.0. The van der Waals surface area contributed by atoms with E-state index in [4.69, 9.17) is 14.2 Å². The smallest absolute Gasteiger partial charge is 0.189 e. The van der Waals surface area contributed by atoms with Crippen molar-refractivity contribution in [2.75, 3.05) is 20.0 Å². The first-order chi connectivity index (χ1) is 12.7. The number of thioether (sulfide) groups is 1. The summed E-state index contributed by atoms with van der Waals surface area (Å²) < 4.78 is 16.5. The van der Waals surface area contributed by atoms with E-state index in [1.54, 1.807) is 12.1 Å². The molecule has 1 aromatic rings. The minimum atomic E-state index is -1.37. The lowest BCUT2D eigenvalue weighted by Crippen LogP contribution is -2.57. The summed E-state index contributed by atoms with van der Waals surface area (Å²) in [6.07, 6.45) is -4.89. The number of aliphatic hydroxyl groups excluding tert-OH is 4. The molecule has 0 radical (unpaired) electrons. The topological polar surface area (TPSA) is 109 Å². The molecule has 1 aromatic carbocycles. The lowest BCUT2D eigenvalue weighted by molar-refractivity contribution is -0.205. The zero-order valence-corrected chi connectivity index (χ0v) is 17.8. The van der Waals surface area contributed by atoms with E-state index >= 15 is 0 Å². The highest BCUT2D eigenvalue weighted by molar-refractivity contribution is 7.99. The third-order valence-electron chi connectivity index (χ3n) is 4.23. The average Bonchev–Trinajstić information content (AvgIpc) is 2.62. The molecule has 9 heteroatoms. The Labute approximate surface area is 165 Å². The molecule has 0 spiro atoms. The van der Waals surface area contributed by atoms with E-state index in [1.165, 1.54) is 11.8 Å². The van der Waals surface area contributed by atoms with Crippen LogP contribution >= 0.6 is 11.8 Å². The molecule has 7 nitrogen and oxygen atoms in total. The molecule has 1 fully saturated rings. The summed E-state index contributed by atoms with van der Waals surface area (Å²) in [5, 5.41) is 39.0. The summed E-state index contributed by atoms with van der Waals surface area (Å²) in [7, 11) is -1.10. The summed E-state index contributed by atoms with van der Waals surface area (Å²) >= 11 is 1.20. The number of benzene rings is 1. The van der Waals surface area contributed by atoms with Crippen LogP contribution in [0.5, 0.6) is 5.75 Å². The van der Waals surface area contributed by atoms with Gasteiger partial charge in [0, 0.05) is 19.6 Å². The van der Waals surface area contributed by atoms with Gasteiger partial charge < -0.3 is 34.6 Å². The van der Waals surface area contributed by atoms with Crippen LogP contribution in [-0.4, -0.2) is 78.4 Å². The quantitative estimate of drug-likeness (QED) is 0.270. The predicted octanol–water partition coefficient (Wildman–Crippen LogP) is 1.27. The van der Waals surface area contributed by atoms with E-state index in [0.29, 0.717) is 12.4 Å². The van der Waals surface area contributed by atoms with Gasteiger partial charge in [0.1, 0.15) is 35.6 Å². The van der Waals surface area contributed by atoms with Crippen LogP contribution in [0.3, 0.4) is 0 Å². The fraction of sp³-hybridized carbons (Fsp3) is 0.667. The first kappa shape index (κ1) is 22.6. The van der Waals surface area contributed by atoms with Crippen LogP contribution < -0.4 is 4.74 Å². The molecular weight excluding hydrogens is 388 g/mol. The summed E-state index contributed by atoms with van der Waals surface area (Å²) in [6, 6.07) is 8.28. The lowest BCUT2D eigenvalue weighted by atomic mass is 10.0. The van der Waals surface area contributed by atoms with Crippen molar-refractivity contribution in [1.29, 1.82) is 0 Å². The zero-order valence-electron chi connectivity index (χ0n) is 15.9. The molecule has 1 aliphatic rings. The minimum Gasteiger partial charge on any atom is -0.468 e. The normalized spacial score (nSPS) is 28.9.